The van der Waals surface area contributed by atoms with Gasteiger partial charge in [0.2, 0.25) is 0 Å². The zero-order chi connectivity index (χ0) is 28.1. The first-order valence-corrected chi connectivity index (χ1v) is 13.0. The van der Waals surface area contributed by atoms with Crippen molar-refractivity contribution in [3.63, 3.8) is 0 Å². The minimum absolute atomic E-state index is 0.121. The molecule has 0 unspecified atom stereocenters. The summed E-state index contributed by atoms with van der Waals surface area (Å²) < 4.78 is 5.22. The number of unbranched alkanes of at least 4 members (excludes halogenated alkanes) is 1. The molecule has 10 heteroatoms. The molecule has 0 saturated carbocycles. The molecular formula is C29H25Cl2N3O5. The molecule has 0 spiro atoms. The number of aryl methyl sites for hydroxylation is 1. The topological polar surface area (TPSA) is 105 Å². The molecule has 1 aliphatic rings. The number of nitrogens with one attached hydrogen (secondary N) is 2. The number of benzene rings is 3. The van der Waals surface area contributed by atoms with E-state index in [0.29, 0.717) is 22.0 Å². The lowest BCUT2D eigenvalue weighted by Crippen LogP contribution is -2.32. The van der Waals surface area contributed by atoms with Gasteiger partial charge in [-0.1, -0.05) is 48.7 Å². The number of ether oxygens (including phenoxy) is 1. The molecule has 2 N–H and O–H groups in total. The second kappa shape index (κ2) is 12.1. The number of carbonyl (C=O) groups excluding carboxylic acids is 4. The Hall–Kier alpha value is -4.14. The van der Waals surface area contributed by atoms with Gasteiger partial charge in [0.25, 0.3) is 17.7 Å². The molecule has 3 aromatic carbocycles. The average Bonchev–Trinajstić information content (AvgIpc) is 3.14. The third-order valence-corrected chi connectivity index (χ3v) is 6.55. The molecule has 3 aromatic rings. The highest BCUT2D eigenvalue weighted by Gasteiger charge is 2.39. The lowest BCUT2D eigenvalue weighted by molar-refractivity contribution is -0.120. The Bertz CT molecular complexity index is 1480. The Morgan fingerprint density at radius 3 is 2.38 bits per heavy atom. The van der Waals surface area contributed by atoms with Crippen molar-refractivity contribution in [1.29, 1.82) is 0 Å². The largest absolute Gasteiger partial charge is 0.462 e. The number of rotatable bonds is 9. The standard InChI is InChI=1S/C29H25Cl2N3O5/c1-3-4-14-39-29(38)19-6-5-7-22(15-19)34-27(36)24(31)25(28(34)37)32-21-12-9-18(10-13-21)26(35)33-23-16-20(30)11-8-17(23)2/h5-13,15-16,32H,3-4,14H2,1-2H3,(H,33,35). The van der Waals surface area contributed by atoms with Gasteiger partial charge in [0.05, 0.1) is 17.9 Å². The molecule has 1 heterocycles. The van der Waals surface area contributed by atoms with Crippen molar-refractivity contribution in [2.45, 2.75) is 26.7 Å². The fourth-order valence-electron chi connectivity index (χ4n) is 3.78. The van der Waals surface area contributed by atoms with Crippen molar-refractivity contribution in [2.75, 3.05) is 22.1 Å². The van der Waals surface area contributed by atoms with Crippen LogP contribution in [0, 0.1) is 6.92 Å². The SMILES string of the molecule is CCCCOC(=O)c1cccc(N2C(=O)C(Cl)=C(Nc3ccc(C(=O)Nc4cc(Cl)ccc4C)cc3)C2=O)c1. The van der Waals surface area contributed by atoms with Gasteiger partial charge in [-0.15, -0.1) is 0 Å². The third-order valence-electron chi connectivity index (χ3n) is 5.96. The number of carbonyl (C=O) groups is 4. The number of halogens is 2. The van der Waals surface area contributed by atoms with Gasteiger partial charge in [-0.2, -0.15) is 0 Å². The summed E-state index contributed by atoms with van der Waals surface area (Å²) in [6.07, 6.45) is 1.61. The molecule has 1 aliphatic heterocycles. The molecule has 0 fully saturated rings. The molecular weight excluding hydrogens is 541 g/mol. The van der Waals surface area contributed by atoms with Crippen molar-refractivity contribution >= 4 is 64.0 Å². The first-order valence-electron chi connectivity index (χ1n) is 12.2. The van der Waals surface area contributed by atoms with Crippen molar-refractivity contribution in [1.82, 2.24) is 0 Å². The van der Waals surface area contributed by atoms with Gasteiger partial charge < -0.3 is 15.4 Å². The molecule has 0 bridgehead atoms. The van der Waals surface area contributed by atoms with E-state index in [-0.39, 0.29) is 34.5 Å². The summed E-state index contributed by atoms with van der Waals surface area (Å²) >= 11 is 12.3. The zero-order valence-corrected chi connectivity index (χ0v) is 22.7. The second-order valence-electron chi connectivity index (χ2n) is 8.79. The van der Waals surface area contributed by atoms with Crippen molar-refractivity contribution in [2.24, 2.45) is 0 Å². The van der Waals surface area contributed by atoms with Crippen LogP contribution in [0.3, 0.4) is 0 Å². The van der Waals surface area contributed by atoms with Gasteiger partial charge in [0.15, 0.2) is 0 Å². The van der Waals surface area contributed by atoms with Crippen LogP contribution >= 0.6 is 23.2 Å². The number of nitrogens with zero attached hydrogens (tertiary/aromatic N) is 1. The van der Waals surface area contributed by atoms with Crippen LogP contribution in [0.15, 0.2) is 77.5 Å². The van der Waals surface area contributed by atoms with E-state index in [1.54, 1.807) is 54.6 Å². The first-order chi connectivity index (χ1) is 18.7. The minimum atomic E-state index is -0.728. The zero-order valence-electron chi connectivity index (χ0n) is 21.2. The molecule has 0 atom stereocenters. The lowest BCUT2D eigenvalue weighted by atomic mass is 10.1. The van der Waals surface area contributed by atoms with Crippen molar-refractivity contribution in [3.05, 3.63) is 99.2 Å². The van der Waals surface area contributed by atoms with Crippen molar-refractivity contribution in [3.8, 4) is 0 Å². The van der Waals surface area contributed by atoms with Crippen LogP contribution in [0.5, 0.6) is 0 Å². The monoisotopic (exact) mass is 565 g/mol. The Labute approximate surface area is 235 Å². The number of anilines is 3. The predicted molar refractivity (Wildman–Crippen MR) is 151 cm³/mol. The quantitative estimate of drug-likeness (QED) is 0.179. The fraction of sp³-hybridized carbons (Fsp3) is 0.172. The van der Waals surface area contributed by atoms with Crippen LogP contribution in [-0.4, -0.2) is 30.3 Å². The molecule has 0 saturated heterocycles. The normalized spacial score (nSPS) is 13.1. The maximum Gasteiger partial charge on any atom is 0.338 e. The third kappa shape index (κ3) is 6.30. The lowest BCUT2D eigenvalue weighted by Gasteiger charge is -2.16. The summed E-state index contributed by atoms with van der Waals surface area (Å²) in [5.41, 5.74) is 2.55. The van der Waals surface area contributed by atoms with Crippen LogP contribution in [0.1, 0.15) is 46.0 Å². The summed E-state index contributed by atoms with van der Waals surface area (Å²) in [6, 6.07) is 17.6. The highest BCUT2D eigenvalue weighted by atomic mass is 35.5. The van der Waals surface area contributed by atoms with Crippen molar-refractivity contribution < 1.29 is 23.9 Å². The van der Waals surface area contributed by atoms with Crippen LogP contribution in [-0.2, 0) is 14.3 Å². The maximum atomic E-state index is 13.2. The maximum absolute atomic E-state index is 13.2. The smallest absolute Gasteiger partial charge is 0.338 e. The van der Waals surface area contributed by atoms with Gasteiger partial charge in [-0.3, -0.25) is 14.4 Å². The molecule has 200 valence electrons. The van der Waals surface area contributed by atoms with Gasteiger partial charge in [-0.25, -0.2) is 9.69 Å². The molecule has 3 amide bonds. The molecule has 8 nitrogen and oxygen atoms in total. The van der Waals surface area contributed by atoms with Gasteiger partial charge in [0, 0.05) is 22.0 Å². The van der Waals surface area contributed by atoms with E-state index < -0.39 is 17.8 Å². The highest BCUT2D eigenvalue weighted by Crippen LogP contribution is 2.31. The van der Waals surface area contributed by atoms with Crippen LogP contribution in [0.4, 0.5) is 17.1 Å². The van der Waals surface area contributed by atoms with Gasteiger partial charge in [0.1, 0.15) is 10.7 Å². The second-order valence-corrected chi connectivity index (χ2v) is 9.60. The summed E-state index contributed by atoms with van der Waals surface area (Å²) in [4.78, 5) is 52.0. The Morgan fingerprint density at radius 1 is 0.923 bits per heavy atom. The number of imide groups is 1. The molecule has 39 heavy (non-hydrogen) atoms. The molecule has 0 radical (unpaired) electrons. The molecule has 0 aliphatic carbocycles. The minimum Gasteiger partial charge on any atom is -0.462 e. The number of esters is 1. The van der Waals surface area contributed by atoms with Crippen LogP contribution in [0.25, 0.3) is 0 Å². The van der Waals surface area contributed by atoms with Crippen LogP contribution < -0.4 is 15.5 Å². The summed E-state index contributed by atoms with van der Waals surface area (Å²) in [5.74, 6) is -2.29. The van der Waals surface area contributed by atoms with E-state index in [4.69, 9.17) is 27.9 Å². The molecule has 4 rings (SSSR count). The Balaban J connectivity index is 1.46. The number of hydrogen-bond acceptors (Lipinski definition) is 6. The van der Waals surface area contributed by atoms with Gasteiger partial charge in [-0.05, 0) is 73.5 Å². The van der Waals surface area contributed by atoms with E-state index in [1.165, 1.54) is 12.1 Å². The van der Waals surface area contributed by atoms with E-state index in [1.807, 2.05) is 13.8 Å². The predicted octanol–water partition coefficient (Wildman–Crippen LogP) is 6.29. The Morgan fingerprint density at radius 2 is 1.67 bits per heavy atom. The van der Waals surface area contributed by atoms with E-state index >= 15 is 0 Å². The Kier molecular flexibility index (Phi) is 8.69. The van der Waals surface area contributed by atoms with E-state index in [9.17, 15) is 19.2 Å². The number of amides is 3. The average molecular weight is 566 g/mol. The van der Waals surface area contributed by atoms with Crippen LogP contribution in [0.2, 0.25) is 5.02 Å². The highest BCUT2D eigenvalue weighted by molar-refractivity contribution is 6.53. The van der Waals surface area contributed by atoms with E-state index in [0.717, 1.165) is 23.3 Å². The number of hydrogen-bond donors (Lipinski definition) is 2. The summed E-state index contributed by atoms with van der Waals surface area (Å²) in [5, 5.41) is 5.89. The molecule has 0 aromatic heterocycles. The van der Waals surface area contributed by atoms with E-state index in [2.05, 4.69) is 10.6 Å². The summed E-state index contributed by atoms with van der Waals surface area (Å²) in [6.45, 7) is 4.12. The fourth-order valence-corrected chi connectivity index (χ4v) is 4.17. The summed E-state index contributed by atoms with van der Waals surface area (Å²) in [7, 11) is 0. The van der Waals surface area contributed by atoms with Gasteiger partial charge >= 0.3 is 5.97 Å². The first kappa shape index (κ1) is 27.9.